The van der Waals surface area contributed by atoms with Gasteiger partial charge in [0.1, 0.15) is 5.76 Å². The van der Waals surface area contributed by atoms with Crippen LogP contribution in [0, 0.1) is 0 Å². The molecule has 1 amide bonds. The Hall–Kier alpha value is -2.38. The van der Waals surface area contributed by atoms with Gasteiger partial charge in [0.2, 0.25) is 0 Å². The van der Waals surface area contributed by atoms with Gasteiger partial charge in [-0.25, -0.2) is 0 Å². The zero-order valence-corrected chi connectivity index (χ0v) is 18.2. The van der Waals surface area contributed by atoms with E-state index in [9.17, 15) is 9.00 Å². The molecule has 0 radical (unpaired) electrons. The highest BCUT2D eigenvalue weighted by Gasteiger charge is 2.24. The maximum Gasteiger partial charge on any atom is 0.289 e. The average molecular weight is 473 g/mol. The van der Waals surface area contributed by atoms with E-state index in [1.54, 1.807) is 12.1 Å². The average Bonchev–Trinajstić information content (AvgIpc) is 3.23. The molecular formula is C22H21BrN2O3S. The second-order valence-corrected chi connectivity index (χ2v) is 9.19. The van der Waals surface area contributed by atoms with Gasteiger partial charge in [-0.15, -0.1) is 0 Å². The van der Waals surface area contributed by atoms with Gasteiger partial charge in [0.05, 0.1) is 16.6 Å². The van der Waals surface area contributed by atoms with Crippen molar-refractivity contribution in [2.24, 2.45) is 0 Å². The molecule has 0 saturated carbocycles. The lowest BCUT2D eigenvalue weighted by Crippen LogP contribution is -2.48. The third-order valence-electron chi connectivity index (χ3n) is 4.91. The standard InChI is InChI=1S/C22H21BrN2O3S/c23-17-6-9-20(10-7-17)29(27)16-19-8-11-21(28-19)22(26)25-14-12-24(13-15-25)18-4-2-1-3-5-18/h1-11H,12-16H2/t29-/m0/s1. The first kappa shape index (κ1) is 19.9. The van der Waals surface area contributed by atoms with E-state index in [-0.39, 0.29) is 11.7 Å². The minimum atomic E-state index is -1.22. The van der Waals surface area contributed by atoms with Crippen LogP contribution in [0.1, 0.15) is 16.3 Å². The highest BCUT2D eigenvalue weighted by atomic mass is 79.9. The minimum Gasteiger partial charge on any atom is -0.455 e. The Kier molecular flexibility index (Phi) is 6.16. The Bertz CT molecular complexity index is 996. The van der Waals surface area contributed by atoms with Crippen LogP contribution >= 0.6 is 15.9 Å². The van der Waals surface area contributed by atoms with Crippen molar-refractivity contribution in [1.29, 1.82) is 0 Å². The number of piperazine rings is 1. The summed E-state index contributed by atoms with van der Waals surface area (Å²) >= 11 is 3.37. The van der Waals surface area contributed by atoms with Crippen molar-refractivity contribution in [3.63, 3.8) is 0 Å². The van der Waals surface area contributed by atoms with Crippen LogP contribution in [0.3, 0.4) is 0 Å². The van der Waals surface area contributed by atoms with Gasteiger partial charge in [0, 0.05) is 41.2 Å². The normalized spacial score (nSPS) is 15.3. The largest absolute Gasteiger partial charge is 0.455 e. The smallest absolute Gasteiger partial charge is 0.289 e. The van der Waals surface area contributed by atoms with Crippen molar-refractivity contribution < 1.29 is 13.4 Å². The minimum absolute atomic E-state index is 0.113. The summed E-state index contributed by atoms with van der Waals surface area (Å²) in [6.45, 7) is 2.87. The maximum atomic E-state index is 12.8. The first-order valence-electron chi connectivity index (χ1n) is 9.42. The number of carbonyl (C=O) groups excluding carboxylic acids is 1. The van der Waals surface area contributed by atoms with Gasteiger partial charge >= 0.3 is 0 Å². The monoisotopic (exact) mass is 472 g/mol. The van der Waals surface area contributed by atoms with Crippen molar-refractivity contribution >= 4 is 38.3 Å². The first-order valence-corrected chi connectivity index (χ1v) is 11.5. The first-order chi connectivity index (χ1) is 14.1. The molecule has 1 atom stereocenters. The molecule has 2 heterocycles. The molecular weight excluding hydrogens is 452 g/mol. The fourth-order valence-corrected chi connectivity index (χ4v) is 4.62. The highest BCUT2D eigenvalue weighted by Crippen LogP contribution is 2.20. The number of hydrogen-bond acceptors (Lipinski definition) is 4. The SMILES string of the molecule is O=C(c1ccc(C[S@](=O)c2ccc(Br)cc2)o1)N1CCN(c2ccccc2)CC1. The van der Waals surface area contributed by atoms with E-state index in [4.69, 9.17) is 4.42 Å². The molecule has 4 rings (SSSR count). The topological polar surface area (TPSA) is 53.8 Å². The quantitative estimate of drug-likeness (QED) is 0.554. The fraction of sp³-hybridized carbons (Fsp3) is 0.227. The molecule has 0 spiro atoms. The van der Waals surface area contributed by atoms with Gasteiger partial charge in [-0.05, 0) is 48.5 Å². The summed E-state index contributed by atoms with van der Waals surface area (Å²) in [7, 11) is -1.22. The van der Waals surface area contributed by atoms with Crippen LogP contribution in [-0.4, -0.2) is 41.2 Å². The number of nitrogens with zero attached hydrogens (tertiary/aromatic N) is 2. The van der Waals surface area contributed by atoms with E-state index in [1.165, 1.54) is 5.69 Å². The fourth-order valence-electron chi connectivity index (χ4n) is 3.33. The van der Waals surface area contributed by atoms with Crippen LogP contribution in [0.5, 0.6) is 0 Å². The van der Waals surface area contributed by atoms with E-state index < -0.39 is 10.8 Å². The van der Waals surface area contributed by atoms with Crippen LogP contribution < -0.4 is 4.90 Å². The molecule has 1 saturated heterocycles. The summed E-state index contributed by atoms with van der Waals surface area (Å²) in [5, 5.41) is 0. The number of carbonyl (C=O) groups is 1. The second-order valence-electron chi connectivity index (χ2n) is 6.82. The van der Waals surface area contributed by atoms with Crippen molar-refractivity contribution in [2.75, 3.05) is 31.1 Å². The molecule has 2 aromatic carbocycles. The summed E-state index contributed by atoms with van der Waals surface area (Å²) in [6.07, 6.45) is 0. The number of para-hydroxylation sites is 1. The van der Waals surface area contributed by atoms with Gasteiger partial charge < -0.3 is 14.2 Å². The van der Waals surface area contributed by atoms with E-state index in [0.717, 1.165) is 22.5 Å². The number of halogens is 1. The van der Waals surface area contributed by atoms with Crippen molar-refractivity contribution in [3.8, 4) is 0 Å². The lowest BCUT2D eigenvalue weighted by Gasteiger charge is -2.35. The number of amides is 1. The van der Waals surface area contributed by atoms with Gasteiger partial charge in [-0.3, -0.25) is 9.00 Å². The summed E-state index contributed by atoms with van der Waals surface area (Å²) < 4.78 is 19.2. The molecule has 29 heavy (non-hydrogen) atoms. The lowest BCUT2D eigenvalue weighted by molar-refractivity contribution is 0.0713. The van der Waals surface area contributed by atoms with E-state index in [2.05, 4.69) is 33.0 Å². The Labute approximate surface area is 180 Å². The Morgan fingerprint density at radius 1 is 0.931 bits per heavy atom. The Morgan fingerprint density at radius 2 is 1.62 bits per heavy atom. The van der Waals surface area contributed by atoms with Gasteiger partial charge in [-0.1, -0.05) is 34.1 Å². The van der Waals surface area contributed by atoms with Crippen molar-refractivity contribution in [3.05, 3.63) is 82.7 Å². The molecule has 1 aliphatic heterocycles. The van der Waals surface area contributed by atoms with E-state index in [0.29, 0.717) is 24.6 Å². The molecule has 7 heteroatoms. The summed E-state index contributed by atoms with van der Waals surface area (Å²) in [5.41, 5.74) is 1.18. The third-order valence-corrected chi connectivity index (χ3v) is 6.78. The third kappa shape index (κ3) is 4.79. The molecule has 3 aromatic rings. The second kappa shape index (κ2) is 8.97. The van der Waals surface area contributed by atoms with Crippen LogP contribution in [0.25, 0.3) is 0 Å². The van der Waals surface area contributed by atoms with E-state index in [1.807, 2.05) is 47.4 Å². The molecule has 1 fully saturated rings. The van der Waals surface area contributed by atoms with E-state index >= 15 is 0 Å². The number of furan rings is 1. The summed E-state index contributed by atoms with van der Waals surface area (Å²) in [5.74, 6) is 0.994. The molecule has 0 N–H and O–H groups in total. The summed E-state index contributed by atoms with van der Waals surface area (Å²) in [6, 6.07) is 21.0. The predicted octanol–water partition coefficient (Wildman–Crippen LogP) is 4.31. The molecule has 150 valence electrons. The lowest BCUT2D eigenvalue weighted by atomic mass is 10.2. The van der Waals surface area contributed by atoms with Gasteiger partial charge in [0.25, 0.3) is 5.91 Å². The zero-order chi connectivity index (χ0) is 20.2. The number of benzene rings is 2. The molecule has 1 aromatic heterocycles. The number of anilines is 1. The summed E-state index contributed by atoms with van der Waals surface area (Å²) in [4.78, 5) is 17.6. The van der Waals surface area contributed by atoms with Crippen molar-refractivity contribution in [1.82, 2.24) is 4.90 Å². The highest BCUT2D eigenvalue weighted by molar-refractivity contribution is 9.10. The molecule has 0 unspecified atom stereocenters. The van der Waals surface area contributed by atoms with Crippen LogP contribution in [0.4, 0.5) is 5.69 Å². The number of rotatable bonds is 5. The number of hydrogen-bond donors (Lipinski definition) is 0. The van der Waals surface area contributed by atoms with Gasteiger partial charge in [-0.2, -0.15) is 0 Å². The molecule has 1 aliphatic rings. The molecule has 0 aliphatic carbocycles. The molecule has 0 bridgehead atoms. The van der Waals surface area contributed by atoms with Crippen molar-refractivity contribution in [2.45, 2.75) is 10.6 Å². The van der Waals surface area contributed by atoms with Crippen LogP contribution in [0.2, 0.25) is 0 Å². The molecule has 5 nitrogen and oxygen atoms in total. The van der Waals surface area contributed by atoms with Gasteiger partial charge in [0.15, 0.2) is 5.76 Å². The van der Waals surface area contributed by atoms with Crippen LogP contribution in [0.15, 0.2) is 80.5 Å². The van der Waals surface area contributed by atoms with Crippen LogP contribution in [-0.2, 0) is 16.6 Å². The maximum absolute atomic E-state index is 12.8. The Morgan fingerprint density at radius 3 is 2.31 bits per heavy atom. The Balaban J connectivity index is 1.35. The zero-order valence-electron chi connectivity index (χ0n) is 15.8. The predicted molar refractivity (Wildman–Crippen MR) is 118 cm³/mol.